The van der Waals surface area contributed by atoms with Gasteiger partial charge in [-0.25, -0.2) is 19.9 Å². The van der Waals surface area contributed by atoms with Crippen molar-refractivity contribution in [1.82, 2.24) is 39.9 Å². The van der Waals surface area contributed by atoms with Gasteiger partial charge in [0.15, 0.2) is 0 Å². The molecule has 10 aromatic rings. The third kappa shape index (κ3) is 14.6. The maximum atomic E-state index is 5.86. The summed E-state index contributed by atoms with van der Waals surface area (Å²) in [4.78, 5) is 44.4. The number of fused-ring (bicyclic) bond motifs is 16. The Hall–Kier alpha value is -10.3. The molecule has 6 aromatic heterocycles. The molecule has 16 bridgehead atoms. The Balaban J connectivity index is 1.13. The largest absolute Gasteiger partial charge is 0.355 e. The van der Waals surface area contributed by atoms with Crippen molar-refractivity contribution in [3.63, 3.8) is 0 Å². The number of nitrogens with one attached hydrogen (secondary N) is 4. The molecule has 0 unspecified atom stereocenters. The van der Waals surface area contributed by atoms with Gasteiger partial charge >= 0.3 is 0 Å². The second kappa shape index (κ2) is 25.8. The second-order valence-corrected chi connectivity index (χ2v) is 38.2. The SMILES string of the molecule is CC(C)(C)c1cc(-c2c3nc(c(C=Nc4c5nc(c(-c6cc(C(C)(C)C)cc(C(C)(C)C)c6)c6ccc(cc7nc(c(-c8cc(C(C)(C)C)cc(C(C)(C)C)c8)c8ccc4[nH]8)C=C7)[nH]6)C=C5)c4ccc([nH]4)c(-c4cc(C(C)(C)C)cc(C(C)(C)C)c4)c4nc(cc5ccc2[nH]5)C=C4)C=C3)cc(C(C)(C)C)c1. The molecule has 0 saturated heterocycles. The summed E-state index contributed by atoms with van der Waals surface area (Å²) in [5, 5.41) is 0. The highest BCUT2D eigenvalue weighted by Crippen LogP contribution is 2.45. The van der Waals surface area contributed by atoms with Gasteiger partial charge in [-0.1, -0.05) is 239 Å². The minimum absolute atomic E-state index is 0.136. The van der Waals surface area contributed by atoms with Crippen LogP contribution in [-0.4, -0.2) is 46.1 Å². The first-order valence-electron chi connectivity index (χ1n) is 37.9. The maximum Gasteiger partial charge on any atom is 0.112 e. The summed E-state index contributed by atoms with van der Waals surface area (Å²) < 4.78 is 0. The Morgan fingerprint density at radius 1 is 0.245 bits per heavy atom. The summed E-state index contributed by atoms with van der Waals surface area (Å²) in [6.07, 6.45) is 19.3. The van der Waals surface area contributed by atoms with Gasteiger partial charge in [-0.05, 0) is 219 Å². The van der Waals surface area contributed by atoms with Crippen LogP contribution in [0.3, 0.4) is 0 Å². The van der Waals surface area contributed by atoms with Crippen molar-refractivity contribution in [3.8, 4) is 44.5 Å². The van der Waals surface area contributed by atoms with E-state index in [1.807, 2.05) is 6.21 Å². The number of benzene rings is 4. The van der Waals surface area contributed by atoms with E-state index in [0.29, 0.717) is 11.4 Å². The van der Waals surface area contributed by atoms with Gasteiger partial charge in [0.25, 0.3) is 0 Å². The van der Waals surface area contributed by atoms with E-state index in [0.717, 1.165) is 134 Å². The summed E-state index contributed by atoms with van der Waals surface area (Å²) in [6, 6.07) is 50.3. The lowest BCUT2D eigenvalue weighted by Gasteiger charge is -2.26. The molecular weight excluding hydrogens is 1290 g/mol. The highest BCUT2D eigenvalue weighted by atomic mass is 14.9. The Labute approximate surface area is 628 Å². The maximum absolute atomic E-state index is 5.86. The lowest BCUT2D eigenvalue weighted by Crippen LogP contribution is -2.16. The molecule has 106 heavy (non-hydrogen) atoms. The van der Waals surface area contributed by atoms with Gasteiger partial charge in [0.2, 0.25) is 0 Å². The van der Waals surface area contributed by atoms with Crippen LogP contribution in [0, 0.1) is 0 Å². The number of aromatic amines is 4. The fraction of sp³-hybridized carbons (Fsp3) is 0.330. The Bertz CT molecular complexity index is 5140. The number of aliphatic imine (C=N–C) groups is 1. The fourth-order valence-electron chi connectivity index (χ4n) is 14.5. The molecule has 0 aliphatic carbocycles. The molecule has 0 spiro atoms. The zero-order valence-electron chi connectivity index (χ0n) is 67.1. The molecule has 0 radical (unpaired) electrons. The van der Waals surface area contributed by atoms with Gasteiger partial charge in [0.1, 0.15) is 5.69 Å². The lowest BCUT2D eigenvalue weighted by atomic mass is 9.78. The molecule has 4 N–H and O–H groups in total. The number of rotatable bonds is 6. The number of hydrogen-bond donors (Lipinski definition) is 4. The zero-order valence-corrected chi connectivity index (χ0v) is 67.1. The van der Waals surface area contributed by atoms with Gasteiger partial charge in [-0.15, -0.1) is 0 Å². The number of aromatic nitrogens is 8. The molecule has 4 aliphatic rings. The van der Waals surface area contributed by atoms with Crippen molar-refractivity contribution < 1.29 is 0 Å². The summed E-state index contributed by atoms with van der Waals surface area (Å²) in [7, 11) is 0. The first-order chi connectivity index (χ1) is 49.5. The van der Waals surface area contributed by atoms with Crippen LogP contribution in [0.5, 0.6) is 0 Å². The third-order valence-corrected chi connectivity index (χ3v) is 21.3. The molecule has 9 heteroatoms. The van der Waals surface area contributed by atoms with Crippen molar-refractivity contribution in [3.05, 3.63) is 229 Å². The van der Waals surface area contributed by atoms with Crippen LogP contribution in [0.1, 0.15) is 262 Å². The Morgan fingerprint density at radius 2 is 0.500 bits per heavy atom. The minimum atomic E-state index is -0.137. The van der Waals surface area contributed by atoms with Crippen LogP contribution in [0.15, 0.2) is 138 Å². The highest BCUT2D eigenvalue weighted by Gasteiger charge is 2.29. The standard InChI is InChI=1S/C97H107N9/c1-90(2,3)60-41-56(42-61(49-60)91(4,5)6)85-75-29-25-68(99-75)53-69-26-30-76(100-69)86(57-43-62(92(7,8)9)50-63(44-57)93(10,11)12)80-36-34-74(104-80)72(73-33-35-79(85)103-73)55-98-89-83-39-37-81(105-83)87(58-45-64(94(13,14)15)51-65(46-58)95(16,17)18)77-31-27-70(101-77)54-71-28-32-78(102-71)88(82-38-40-84(89)106-82)59-47-66(96(19,20)21)52-67(48-59)97(22,23)24/h25-55,99,101,104,106H,1-24H3. The molecule has 0 saturated carbocycles. The van der Waals surface area contributed by atoms with Crippen LogP contribution < -0.4 is 0 Å². The minimum Gasteiger partial charge on any atom is -0.355 e. The molecule has 4 aliphatic heterocycles. The molecule has 0 amide bonds. The zero-order chi connectivity index (χ0) is 75.9. The van der Waals surface area contributed by atoms with Crippen LogP contribution in [0.4, 0.5) is 5.69 Å². The van der Waals surface area contributed by atoms with Gasteiger partial charge in [-0.2, -0.15) is 0 Å². The lowest BCUT2D eigenvalue weighted by molar-refractivity contribution is 0.568. The summed E-state index contributed by atoms with van der Waals surface area (Å²) in [5.41, 5.74) is 32.5. The predicted molar refractivity (Wildman–Crippen MR) is 456 cm³/mol. The van der Waals surface area contributed by atoms with Gasteiger partial charge in [0.05, 0.1) is 51.1 Å². The molecule has 4 aromatic carbocycles. The average Bonchev–Trinajstić information content (AvgIpc) is 1.50. The van der Waals surface area contributed by atoms with Crippen molar-refractivity contribution in [1.29, 1.82) is 0 Å². The van der Waals surface area contributed by atoms with E-state index >= 15 is 0 Å². The summed E-state index contributed by atoms with van der Waals surface area (Å²) in [6.45, 7) is 55.2. The van der Waals surface area contributed by atoms with Crippen molar-refractivity contribution in [2.75, 3.05) is 0 Å². The molecular formula is C97H107N9. The second-order valence-electron chi connectivity index (χ2n) is 38.2. The smallest absolute Gasteiger partial charge is 0.112 e. The first kappa shape index (κ1) is 72.7. The monoisotopic (exact) mass is 1400 g/mol. The predicted octanol–water partition coefficient (Wildman–Crippen LogP) is 26.4. The van der Waals surface area contributed by atoms with E-state index < -0.39 is 0 Å². The fourth-order valence-corrected chi connectivity index (χ4v) is 14.5. The van der Waals surface area contributed by atoms with Crippen molar-refractivity contribution in [2.24, 2.45) is 4.99 Å². The Kier molecular flexibility index (Phi) is 17.7. The third-order valence-electron chi connectivity index (χ3n) is 21.3. The van der Waals surface area contributed by atoms with Crippen LogP contribution in [0.25, 0.3) is 137 Å². The van der Waals surface area contributed by atoms with Crippen molar-refractivity contribution >= 4 is 105 Å². The van der Waals surface area contributed by atoms with E-state index in [9.17, 15) is 0 Å². The molecule has 0 atom stereocenters. The van der Waals surface area contributed by atoms with E-state index in [1.54, 1.807) is 0 Å². The first-order valence-corrected chi connectivity index (χ1v) is 37.9. The van der Waals surface area contributed by atoms with Crippen LogP contribution >= 0.6 is 0 Å². The molecule has 14 rings (SSSR count). The molecule has 9 nitrogen and oxygen atoms in total. The van der Waals surface area contributed by atoms with Crippen LogP contribution in [0.2, 0.25) is 0 Å². The highest BCUT2D eigenvalue weighted by molar-refractivity contribution is 6.03. The average molecular weight is 1400 g/mol. The quantitative estimate of drug-likeness (QED) is 0.124. The molecule has 540 valence electrons. The van der Waals surface area contributed by atoms with Gasteiger partial charge < -0.3 is 19.9 Å². The Morgan fingerprint density at radius 3 is 0.840 bits per heavy atom. The van der Waals surface area contributed by atoms with Gasteiger partial charge in [-0.3, -0.25) is 4.99 Å². The van der Waals surface area contributed by atoms with E-state index in [-0.39, 0.29) is 43.3 Å². The molecule has 10 heterocycles. The van der Waals surface area contributed by atoms with E-state index in [1.165, 1.54) is 44.5 Å². The molecule has 0 fully saturated rings. The normalized spacial score (nSPS) is 13.8. The van der Waals surface area contributed by atoms with Gasteiger partial charge in [0, 0.05) is 72.6 Å². The number of nitrogens with zero attached hydrogens (tertiary/aromatic N) is 5. The summed E-state index contributed by atoms with van der Waals surface area (Å²) in [5.74, 6) is 0. The van der Waals surface area contributed by atoms with E-state index in [2.05, 4.69) is 368 Å². The van der Waals surface area contributed by atoms with Crippen LogP contribution in [-0.2, 0) is 43.3 Å². The number of hydrogen-bond acceptors (Lipinski definition) is 5. The number of H-pyrrole nitrogens is 4. The summed E-state index contributed by atoms with van der Waals surface area (Å²) >= 11 is 0. The topological polar surface area (TPSA) is 127 Å². The van der Waals surface area contributed by atoms with Crippen molar-refractivity contribution in [2.45, 2.75) is 209 Å². The van der Waals surface area contributed by atoms with E-state index in [4.69, 9.17) is 24.9 Å².